The molecule has 19 heavy (non-hydrogen) atoms. The lowest BCUT2D eigenvalue weighted by Gasteiger charge is -2.24. The summed E-state index contributed by atoms with van der Waals surface area (Å²) in [5, 5.41) is 26.1. The number of nitrogens with zero attached hydrogens (tertiary/aromatic N) is 2. The van der Waals surface area contributed by atoms with Gasteiger partial charge in [-0.3, -0.25) is 10.1 Å². The molecule has 0 aromatic carbocycles. The standard InChI is InChI=1S/C12H20N4O3/c1-4-7-13-10-6-5-9(16(18)19)11(14-10)15-12(2,3)8-17/h5-6,17H,4,7-8H2,1-3H3,(H2,13,14,15). The van der Waals surface area contributed by atoms with Gasteiger partial charge in [0, 0.05) is 12.6 Å². The number of aliphatic hydroxyl groups is 1. The van der Waals surface area contributed by atoms with Gasteiger partial charge < -0.3 is 15.7 Å². The molecular weight excluding hydrogens is 248 g/mol. The summed E-state index contributed by atoms with van der Waals surface area (Å²) in [4.78, 5) is 14.7. The first kappa shape index (κ1) is 15.2. The van der Waals surface area contributed by atoms with Gasteiger partial charge in [0.05, 0.1) is 17.1 Å². The highest BCUT2D eigenvalue weighted by Gasteiger charge is 2.23. The lowest BCUT2D eigenvalue weighted by atomic mass is 10.1. The van der Waals surface area contributed by atoms with Crippen molar-refractivity contribution >= 4 is 17.3 Å². The van der Waals surface area contributed by atoms with Crippen LogP contribution in [0.5, 0.6) is 0 Å². The highest BCUT2D eigenvalue weighted by Crippen LogP contribution is 2.26. The number of nitro groups is 1. The van der Waals surface area contributed by atoms with Gasteiger partial charge in [-0.05, 0) is 26.3 Å². The molecule has 7 nitrogen and oxygen atoms in total. The summed E-state index contributed by atoms with van der Waals surface area (Å²) in [5.41, 5.74) is -0.787. The minimum atomic E-state index is -0.679. The molecule has 0 saturated carbocycles. The summed E-state index contributed by atoms with van der Waals surface area (Å²) in [7, 11) is 0. The van der Waals surface area contributed by atoms with Gasteiger partial charge in [0.15, 0.2) is 0 Å². The molecule has 1 rings (SSSR count). The lowest BCUT2D eigenvalue weighted by Crippen LogP contribution is -2.35. The van der Waals surface area contributed by atoms with E-state index in [2.05, 4.69) is 15.6 Å². The van der Waals surface area contributed by atoms with Gasteiger partial charge in [-0.15, -0.1) is 0 Å². The van der Waals surface area contributed by atoms with Crippen LogP contribution < -0.4 is 10.6 Å². The third kappa shape index (κ3) is 4.36. The van der Waals surface area contributed by atoms with Crippen molar-refractivity contribution in [2.45, 2.75) is 32.7 Å². The van der Waals surface area contributed by atoms with E-state index >= 15 is 0 Å². The summed E-state index contributed by atoms with van der Waals surface area (Å²) in [6.45, 7) is 6.09. The fourth-order valence-corrected chi connectivity index (χ4v) is 1.40. The molecule has 0 spiro atoms. The van der Waals surface area contributed by atoms with E-state index in [0.29, 0.717) is 5.82 Å². The number of pyridine rings is 1. The first-order chi connectivity index (χ1) is 8.89. The first-order valence-corrected chi connectivity index (χ1v) is 6.18. The quantitative estimate of drug-likeness (QED) is 0.516. The first-order valence-electron chi connectivity index (χ1n) is 6.18. The van der Waals surface area contributed by atoms with E-state index in [1.54, 1.807) is 19.9 Å². The van der Waals surface area contributed by atoms with Crippen LogP contribution in [0.15, 0.2) is 12.1 Å². The maximum atomic E-state index is 11.0. The highest BCUT2D eigenvalue weighted by molar-refractivity contribution is 5.61. The second-order valence-corrected chi connectivity index (χ2v) is 4.92. The Bertz CT molecular complexity index is 449. The molecular formula is C12H20N4O3. The fraction of sp³-hybridized carbons (Fsp3) is 0.583. The van der Waals surface area contributed by atoms with Crippen LogP contribution in [0.3, 0.4) is 0 Å². The monoisotopic (exact) mass is 268 g/mol. The Morgan fingerprint density at radius 2 is 2.16 bits per heavy atom. The number of aromatic nitrogens is 1. The summed E-state index contributed by atoms with van der Waals surface area (Å²) in [5.74, 6) is 0.730. The highest BCUT2D eigenvalue weighted by atomic mass is 16.6. The Morgan fingerprint density at radius 1 is 1.47 bits per heavy atom. The van der Waals surface area contributed by atoms with Crippen LogP contribution in [0.25, 0.3) is 0 Å². The van der Waals surface area contributed by atoms with Crippen LogP contribution in [0.4, 0.5) is 17.3 Å². The number of rotatable bonds is 7. The van der Waals surface area contributed by atoms with Crippen LogP contribution in [-0.4, -0.2) is 33.7 Å². The van der Waals surface area contributed by atoms with E-state index in [-0.39, 0.29) is 18.1 Å². The SMILES string of the molecule is CCCNc1ccc([N+](=O)[O-])c(NC(C)(C)CO)n1. The van der Waals surface area contributed by atoms with Crippen LogP contribution in [-0.2, 0) is 0 Å². The fourth-order valence-electron chi connectivity index (χ4n) is 1.40. The van der Waals surface area contributed by atoms with Gasteiger partial charge in [0.25, 0.3) is 0 Å². The third-order valence-electron chi connectivity index (χ3n) is 2.48. The van der Waals surface area contributed by atoms with Crippen molar-refractivity contribution in [2.75, 3.05) is 23.8 Å². The minimum Gasteiger partial charge on any atom is -0.394 e. The summed E-state index contributed by atoms with van der Waals surface area (Å²) in [6, 6.07) is 2.98. The minimum absolute atomic E-state index is 0.108. The van der Waals surface area contributed by atoms with Crippen molar-refractivity contribution in [3.63, 3.8) is 0 Å². The smallest absolute Gasteiger partial charge is 0.311 e. The Balaban J connectivity index is 3.05. The molecule has 0 unspecified atom stereocenters. The number of hydrogen-bond donors (Lipinski definition) is 3. The van der Waals surface area contributed by atoms with E-state index < -0.39 is 10.5 Å². The zero-order valence-electron chi connectivity index (χ0n) is 11.4. The predicted molar refractivity (Wildman–Crippen MR) is 74.5 cm³/mol. The third-order valence-corrected chi connectivity index (χ3v) is 2.48. The predicted octanol–water partition coefficient (Wildman–Crippen LogP) is 1.99. The number of hydrogen-bond acceptors (Lipinski definition) is 6. The van der Waals surface area contributed by atoms with Crippen molar-refractivity contribution in [1.29, 1.82) is 0 Å². The van der Waals surface area contributed by atoms with E-state index in [1.807, 2.05) is 6.92 Å². The molecule has 0 atom stereocenters. The van der Waals surface area contributed by atoms with Crippen LogP contribution in [0.1, 0.15) is 27.2 Å². The number of nitrogens with one attached hydrogen (secondary N) is 2. The maximum absolute atomic E-state index is 11.0. The summed E-state index contributed by atoms with van der Waals surface area (Å²) >= 11 is 0. The topological polar surface area (TPSA) is 100 Å². The van der Waals surface area contributed by atoms with Crippen molar-refractivity contribution in [2.24, 2.45) is 0 Å². The number of anilines is 2. The molecule has 1 heterocycles. The molecule has 0 aliphatic rings. The maximum Gasteiger partial charge on any atom is 0.311 e. The van der Waals surface area contributed by atoms with Crippen LogP contribution >= 0.6 is 0 Å². The molecule has 7 heteroatoms. The van der Waals surface area contributed by atoms with E-state index in [1.165, 1.54) is 6.07 Å². The van der Waals surface area contributed by atoms with Gasteiger partial charge in [-0.2, -0.15) is 0 Å². The van der Waals surface area contributed by atoms with E-state index in [4.69, 9.17) is 0 Å². The Kier molecular flexibility index (Phi) is 5.05. The zero-order valence-corrected chi connectivity index (χ0v) is 11.4. The van der Waals surface area contributed by atoms with Crippen LogP contribution in [0, 0.1) is 10.1 Å². The Hall–Kier alpha value is -1.89. The molecule has 0 aliphatic carbocycles. The number of aliphatic hydroxyl groups excluding tert-OH is 1. The normalized spacial score (nSPS) is 11.2. The van der Waals surface area contributed by atoms with Crippen LogP contribution in [0.2, 0.25) is 0 Å². The van der Waals surface area contributed by atoms with Gasteiger partial charge in [-0.25, -0.2) is 4.98 Å². The average molecular weight is 268 g/mol. The van der Waals surface area contributed by atoms with Crippen molar-refractivity contribution < 1.29 is 10.0 Å². The lowest BCUT2D eigenvalue weighted by molar-refractivity contribution is -0.384. The molecule has 0 radical (unpaired) electrons. The van der Waals surface area contributed by atoms with Crippen molar-refractivity contribution in [1.82, 2.24) is 4.98 Å². The largest absolute Gasteiger partial charge is 0.394 e. The van der Waals surface area contributed by atoms with E-state index in [9.17, 15) is 15.2 Å². The molecule has 1 aromatic heterocycles. The Morgan fingerprint density at radius 3 is 2.68 bits per heavy atom. The van der Waals surface area contributed by atoms with E-state index in [0.717, 1.165) is 13.0 Å². The van der Waals surface area contributed by atoms with Gasteiger partial charge in [0.2, 0.25) is 5.82 Å². The van der Waals surface area contributed by atoms with Crippen molar-refractivity contribution in [3.05, 3.63) is 22.2 Å². The molecule has 0 aliphatic heterocycles. The molecule has 1 aromatic rings. The molecule has 0 saturated heterocycles. The molecule has 0 amide bonds. The van der Waals surface area contributed by atoms with Gasteiger partial charge >= 0.3 is 5.69 Å². The zero-order chi connectivity index (χ0) is 14.5. The Labute approximate surface area is 112 Å². The summed E-state index contributed by atoms with van der Waals surface area (Å²) < 4.78 is 0. The second-order valence-electron chi connectivity index (χ2n) is 4.92. The second kappa shape index (κ2) is 6.33. The van der Waals surface area contributed by atoms with Gasteiger partial charge in [-0.1, -0.05) is 6.92 Å². The summed E-state index contributed by atoms with van der Waals surface area (Å²) in [6.07, 6.45) is 0.934. The molecule has 3 N–H and O–H groups in total. The molecule has 0 fully saturated rings. The average Bonchev–Trinajstić information content (AvgIpc) is 2.35. The molecule has 106 valence electrons. The van der Waals surface area contributed by atoms with Crippen molar-refractivity contribution in [3.8, 4) is 0 Å². The van der Waals surface area contributed by atoms with Gasteiger partial charge in [0.1, 0.15) is 5.82 Å². The molecule has 0 bridgehead atoms.